The van der Waals surface area contributed by atoms with Gasteiger partial charge >= 0.3 is 6.03 Å². The first-order chi connectivity index (χ1) is 11.8. The van der Waals surface area contributed by atoms with Gasteiger partial charge in [0, 0.05) is 12.2 Å². The zero-order chi connectivity index (χ0) is 18.6. The van der Waals surface area contributed by atoms with Crippen molar-refractivity contribution in [1.29, 1.82) is 0 Å². The maximum atomic E-state index is 12.6. The molecule has 1 atom stereocenters. The van der Waals surface area contributed by atoms with Crippen molar-refractivity contribution in [2.24, 2.45) is 0 Å². The first kappa shape index (κ1) is 18.4. The number of aryl methyl sites for hydroxylation is 1. The Bertz CT molecular complexity index is 686. The number of benzene rings is 1. The predicted octanol–water partition coefficient (Wildman–Crippen LogP) is 0.404. The number of nitrogens with zero attached hydrogens (tertiary/aromatic N) is 2. The van der Waals surface area contributed by atoms with Crippen LogP contribution in [0.5, 0.6) is 0 Å². The van der Waals surface area contributed by atoms with Gasteiger partial charge in [-0.25, -0.2) is 4.79 Å². The molecule has 0 saturated carbocycles. The number of amides is 5. The summed E-state index contributed by atoms with van der Waals surface area (Å²) in [6.07, 6.45) is 0. The van der Waals surface area contributed by atoms with Gasteiger partial charge in [0.15, 0.2) is 0 Å². The molecule has 0 unspecified atom stereocenters. The highest BCUT2D eigenvalue weighted by molar-refractivity contribution is 6.15. The molecular weight excluding hydrogens is 324 g/mol. The summed E-state index contributed by atoms with van der Waals surface area (Å²) in [6.45, 7) is 5.16. The highest BCUT2D eigenvalue weighted by Gasteiger charge is 2.43. The van der Waals surface area contributed by atoms with Gasteiger partial charge in [0.05, 0.1) is 6.54 Å². The minimum absolute atomic E-state index is 0.194. The van der Waals surface area contributed by atoms with E-state index in [-0.39, 0.29) is 12.5 Å². The van der Waals surface area contributed by atoms with E-state index in [1.807, 2.05) is 19.1 Å². The van der Waals surface area contributed by atoms with Crippen LogP contribution in [0.2, 0.25) is 0 Å². The van der Waals surface area contributed by atoms with Crippen LogP contribution in [-0.4, -0.2) is 54.3 Å². The summed E-state index contributed by atoms with van der Waals surface area (Å²) in [5.41, 5.74) is 1.64. The molecule has 1 aromatic rings. The molecule has 8 nitrogen and oxygen atoms in total. The summed E-state index contributed by atoms with van der Waals surface area (Å²) in [5, 5.41) is 4.94. The highest BCUT2D eigenvalue weighted by Crippen LogP contribution is 2.25. The van der Waals surface area contributed by atoms with Crippen molar-refractivity contribution in [2.45, 2.75) is 26.8 Å². The Kier molecular flexibility index (Phi) is 5.74. The summed E-state index contributed by atoms with van der Waals surface area (Å²) in [6, 6.07) is 5.98. The Morgan fingerprint density at radius 1 is 1.08 bits per heavy atom. The van der Waals surface area contributed by atoms with Crippen molar-refractivity contribution in [2.75, 3.05) is 24.5 Å². The van der Waals surface area contributed by atoms with Crippen molar-refractivity contribution in [3.63, 3.8) is 0 Å². The average Bonchev–Trinajstić information content (AvgIpc) is 2.78. The normalized spacial score (nSPS) is 17.0. The maximum absolute atomic E-state index is 12.6. The topological polar surface area (TPSA) is 98.8 Å². The monoisotopic (exact) mass is 346 g/mol. The third-order valence-corrected chi connectivity index (χ3v) is 3.88. The minimum atomic E-state index is -0.689. The van der Waals surface area contributed by atoms with Crippen molar-refractivity contribution < 1.29 is 19.2 Å². The van der Waals surface area contributed by atoms with Gasteiger partial charge in [-0.3, -0.25) is 24.2 Å². The van der Waals surface area contributed by atoms with Crippen LogP contribution in [0.15, 0.2) is 24.3 Å². The second kappa shape index (κ2) is 7.78. The van der Waals surface area contributed by atoms with E-state index >= 15 is 0 Å². The average molecular weight is 346 g/mol. The minimum Gasteiger partial charge on any atom is -0.355 e. The molecule has 25 heavy (non-hydrogen) atoms. The molecule has 2 N–H and O–H groups in total. The molecular formula is C17H22N4O4. The van der Waals surface area contributed by atoms with Crippen LogP contribution in [0, 0.1) is 6.92 Å². The fraction of sp³-hybridized carbons (Fsp3) is 0.412. The van der Waals surface area contributed by atoms with Gasteiger partial charge in [0.25, 0.3) is 5.91 Å². The van der Waals surface area contributed by atoms with Gasteiger partial charge in [-0.2, -0.15) is 0 Å². The standard InChI is InChI=1S/C17H22N4O4/c1-4-18-14(22)9-19-15(23)10-20-16(24)12(3)21(17(20)25)13-7-5-11(2)6-8-13/h5-8,12H,4,9-10H2,1-3H3,(H,18,22)(H,19,23)/t12-/m0/s1. The molecule has 1 aliphatic rings. The van der Waals surface area contributed by atoms with E-state index in [1.165, 1.54) is 4.90 Å². The Morgan fingerprint density at radius 2 is 1.72 bits per heavy atom. The number of likely N-dealkylation sites (N-methyl/N-ethyl adjacent to an activating group) is 1. The van der Waals surface area contributed by atoms with E-state index in [0.29, 0.717) is 12.2 Å². The van der Waals surface area contributed by atoms with E-state index in [1.54, 1.807) is 26.0 Å². The van der Waals surface area contributed by atoms with Crippen molar-refractivity contribution in [3.05, 3.63) is 29.8 Å². The quantitative estimate of drug-likeness (QED) is 0.729. The Morgan fingerprint density at radius 3 is 2.32 bits per heavy atom. The first-order valence-corrected chi connectivity index (χ1v) is 8.09. The largest absolute Gasteiger partial charge is 0.355 e. The molecule has 2 rings (SSSR count). The van der Waals surface area contributed by atoms with Crippen molar-refractivity contribution in [3.8, 4) is 0 Å². The van der Waals surface area contributed by atoms with Crippen LogP contribution in [0.4, 0.5) is 10.5 Å². The Hall–Kier alpha value is -2.90. The number of carbonyl (C=O) groups is 4. The first-order valence-electron chi connectivity index (χ1n) is 8.09. The number of urea groups is 1. The van der Waals surface area contributed by atoms with Gasteiger partial charge < -0.3 is 10.6 Å². The van der Waals surface area contributed by atoms with E-state index in [2.05, 4.69) is 10.6 Å². The third kappa shape index (κ3) is 4.14. The number of anilines is 1. The fourth-order valence-electron chi connectivity index (χ4n) is 2.55. The zero-order valence-electron chi connectivity index (χ0n) is 14.5. The number of nitrogens with one attached hydrogen (secondary N) is 2. The van der Waals surface area contributed by atoms with E-state index < -0.39 is 30.4 Å². The Labute approximate surface area is 146 Å². The number of rotatable bonds is 6. The SMILES string of the molecule is CCNC(=O)CNC(=O)CN1C(=O)[C@H](C)N(c2ccc(C)cc2)C1=O. The molecule has 8 heteroatoms. The van der Waals surface area contributed by atoms with Crippen LogP contribution in [0.1, 0.15) is 19.4 Å². The van der Waals surface area contributed by atoms with Crippen molar-refractivity contribution in [1.82, 2.24) is 15.5 Å². The number of hydrogen-bond acceptors (Lipinski definition) is 4. The molecule has 1 fully saturated rings. The van der Waals surface area contributed by atoms with E-state index in [0.717, 1.165) is 10.5 Å². The third-order valence-electron chi connectivity index (χ3n) is 3.88. The molecule has 0 radical (unpaired) electrons. The number of hydrogen-bond donors (Lipinski definition) is 2. The van der Waals surface area contributed by atoms with Crippen LogP contribution in [-0.2, 0) is 14.4 Å². The summed E-state index contributed by atoms with van der Waals surface area (Å²) in [4.78, 5) is 50.5. The summed E-state index contributed by atoms with van der Waals surface area (Å²) in [5.74, 6) is -1.34. The van der Waals surface area contributed by atoms with Gasteiger partial charge in [-0.15, -0.1) is 0 Å². The molecule has 0 spiro atoms. The van der Waals surface area contributed by atoms with Crippen LogP contribution < -0.4 is 15.5 Å². The van der Waals surface area contributed by atoms with Crippen LogP contribution in [0.3, 0.4) is 0 Å². The molecule has 1 heterocycles. The van der Waals surface area contributed by atoms with Crippen molar-refractivity contribution >= 4 is 29.4 Å². The van der Waals surface area contributed by atoms with E-state index in [4.69, 9.17) is 0 Å². The molecule has 1 aliphatic heterocycles. The summed E-state index contributed by atoms with van der Waals surface area (Å²) in [7, 11) is 0. The fourth-order valence-corrected chi connectivity index (χ4v) is 2.55. The molecule has 0 bridgehead atoms. The van der Waals surface area contributed by atoms with Crippen LogP contribution >= 0.6 is 0 Å². The number of carbonyl (C=O) groups excluding carboxylic acids is 4. The smallest absolute Gasteiger partial charge is 0.332 e. The summed E-state index contributed by atoms with van der Waals surface area (Å²) >= 11 is 0. The predicted molar refractivity (Wildman–Crippen MR) is 91.9 cm³/mol. The van der Waals surface area contributed by atoms with E-state index in [9.17, 15) is 19.2 Å². The van der Waals surface area contributed by atoms with Gasteiger partial charge in [-0.05, 0) is 32.9 Å². The summed E-state index contributed by atoms with van der Waals surface area (Å²) < 4.78 is 0. The molecule has 1 saturated heterocycles. The highest BCUT2D eigenvalue weighted by atomic mass is 16.2. The Balaban J connectivity index is 2.03. The lowest BCUT2D eigenvalue weighted by Crippen LogP contribution is -2.44. The maximum Gasteiger partial charge on any atom is 0.332 e. The molecule has 5 amide bonds. The molecule has 0 aromatic heterocycles. The lowest BCUT2D eigenvalue weighted by molar-refractivity contribution is -0.132. The van der Waals surface area contributed by atoms with Crippen LogP contribution in [0.25, 0.3) is 0 Å². The molecule has 0 aliphatic carbocycles. The lowest BCUT2D eigenvalue weighted by Gasteiger charge is -2.19. The number of imide groups is 1. The lowest BCUT2D eigenvalue weighted by atomic mass is 10.2. The second-order valence-corrected chi connectivity index (χ2v) is 5.82. The van der Waals surface area contributed by atoms with Gasteiger partial charge in [0.2, 0.25) is 11.8 Å². The molecule has 1 aromatic carbocycles. The molecule has 134 valence electrons. The van der Waals surface area contributed by atoms with Gasteiger partial charge in [-0.1, -0.05) is 17.7 Å². The van der Waals surface area contributed by atoms with Gasteiger partial charge in [0.1, 0.15) is 12.6 Å². The second-order valence-electron chi connectivity index (χ2n) is 5.82. The zero-order valence-corrected chi connectivity index (χ0v) is 14.5.